The van der Waals surface area contributed by atoms with Crippen molar-refractivity contribution in [3.8, 4) is 11.5 Å². The minimum atomic E-state index is -0.351. The molecule has 0 bridgehead atoms. The van der Waals surface area contributed by atoms with Crippen molar-refractivity contribution in [2.45, 2.75) is 38.3 Å². The van der Waals surface area contributed by atoms with E-state index >= 15 is 0 Å². The molecule has 0 spiro atoms. The third-order valence-corrected chi connectivity index (χ3v) is 4.69. The summed E-state index contributed by atoms with van der Waals surface area (Å²) in [4.78, 5) is 4.40. The minimum absolute atomic E-state index is 0.351. The SMILES string of the molecule is Cc1c(Br)cccc1-c1nc(C(N)COC2CCC2)no1. The van der Waals surface area contributed by atoms with Crippen molar-refractivity contribution in [2.24, 2.45) is 5.73 Å². The second-order valence-electron chi connectivity index (χ2n) is 5.36. The standard InChI is InChI=1S/C15H18BrN3O2/c1-9-11(6-3-7-12(9)16)15-18-14(19-21-15)13(17)8-20-10-4-2-5-10/h3,6-7,10,13H,2,4-5,8,17H2,1H3. The van der Waals surface area contributed by atoms with Gasteiger partial charge >= 0.3 is 0 Å². The lowest BCUT2D eigenvalue weighted by atomic mass is 9.96. The van der Waals surface area contributed by atoms with Crippen LogP contribution in [0.5, 0.6) is 0 Å². The van der Waals surface area contributed by atoms with Gasteiger partial charge in [-0.1, -0.05) is 27.2 Å². The quantitative estimate of drug-likeness (QED) is 0.893. The monoisotopic (exact) mass is 351 g/mol. The molecular weight excluding hydrogens is 334 g/mol. The first-order chi connectivity index (χ1) is 10.1. The van der Waals surface area contributed by atoms with Crippen molar-refractivity contribution >= 4 is 15.9 Å². The number of nitrogens with two attached hydrogens (primary N) is 1. The van der Waals surface area contributed by atoms with E-state index in [0.29, 0.717) is 24.4 Å². The van der Waals surface area contributed by atoms with Crippen LogP contribution in [0.4, 0.5) is 0 Å². The van der Waals surface area contributed by atoms with Crippen LogP contribution in [0.25, 0.3) is 11.5 Å². The van der Waals surface area contributed by atoms with Crippen molar-refractivity contribution in [1.82, 2.24) is 10.1 Å². The number of halogens is 1. The Hall–Kier alpha value is -1.24. The van der Waals surface area contributed by atoms with Gasteiger partial charge in [0, 0.05) is 10.0 Å². The van der Waals surface area contributed by atoms with Gasteiger partial charge in [-0.25, -0.2) is 0 Å². The number of ether oxygens (including phenoxy) is 1. The highest BCUT2D eigenvalue weighted by atomic mass is 79.9. The van der Waals surface area contributed by atoms with Gasteiger partial charge in [-0.05, 0) is 43.9 Å². The van der Waals surface area contributed by atoms with Crippen LogP contribution in [-0.4, -0.2) is 22.9 Å². The van der Waals surface area contributed by atoms with Crippen molar-refractivity contribution in [2.75, 3.05) is 6.61 Å². The molecule has 5 nitrogen and oxygen atoms in total. The number of benzene rings is 1. The molecule has 0 saturated heterocycles. The lowest BCUT2D eigenvalue weighted by molar-refractivity contribution is -0.00549. The van der Waals surface area contributed by atoms with Crippen molar-refractivity contribution < 1.29 is 9.26 Å². The smallest absolute Gasteiger partial charge is 0.258 e. The number of hydrogen-bond acceptors (Lipinski definition) is 5. The zero-order chi connectivity index (χ0) is 14.8. The van der Waals surface area contributed by atoms with E-state index < -0.39 is 0 Å². The van der Waals surface area contributed by atoms with Gasteiger partial charge in [0.05, 0.1) is 18.8 Å². The minimum Gasteiger partial charge on any atom is -0.376 e. The van der Waals surface area contributed by atoms with Crippen molar-refractivity contribution in [1.29, 1.82) is 0 Å². The average molecular weight is 352 g/mol. The van der Waals surface area contributed by atoms with Gasteiger partial charge in [-0.2, -0.15) is 4.98 Å². The Morgan fingerprint density at radius 3 is 3.00 bits per heavy atom. The maximum atomic E-state index is 6.06. The molecule has 1 saturated carbocycles. The Bertz CT molecular complexity index is 625. The average Bonchev–Trinajstić information content (AvgIpc) is 2.89. The Morgan fingerprint density at radius 2 is 2.29 bits per heavy atom. The summed E-state index contributed by atoms with van der Waals surface area (Å²) < 4.78 is 12.0. The van der Waals surface area contributed by atoms with Gasteiger partial charge in [0.2, 0.25) is 0 Å². The summed E-state index contributed by atoms with van der Waals surface area (Å²) in [7, 11) is 0. The first-order valence-electron chi connectivity index (χ1n) is 7.11. The summed E-state index contributed by atoms with van der Waals surface area (Å²) in [6.45, 7) is 2.43. The summed E-state index contributed by atoms with van der Waals surface area (Å²) >= 11 is 3.50. The van der Waals surface area contributed by atoms with Crippen LogP contribution in [0.2, 0.25) is 0 Å². The van der Waals surface area contributed by atoms with E-state index in [9.17, 15) is 0 Å². The molecule has 0 radical (unpaired) electrons. The van der Waals surface area contributed by atoms with Gasteiger partial charge in [0.15, 0.2) is 5.82 Å². The van der Waals surface area contributed by atoms with Gasteiger partial charge < -0.3 is 15.0 Å². The van der Waals surface area contributed by atoms with Crippen molar-refractivity contribution in [3.05, 3.63) is 34.1 Å². The molecule has 1 aliphatic rings. The Labute approximate surface area is 132 Å². The van der Waals surface area contributed by atoms with Crippen LogP contribution >= 0.6 is 15.9 Å². The molecule has 1 aliphatic carbocycles. The maximum absolute atomic E-state index is 6.06. The van der Waals surface area contributed by atoms with Crippen LogP contribution in [0.15, 0.2) is 27.2 Å². The molecule has 6 heteroatoms. The van der Waals surface area contributed by atoms with E-state index in [1.165, 1.54) is 6.42 Å². The number of aromatic nitrogens is 2. The predicted molar refractivity (Wildman–Crippen MR) is 82.7 cm³/mol. The topological polar surface area (TPSA) is 74.2 Å². The summed E-state index contributed by atoms with van der Waals surface area (Å²) in [6, 6.07) is 5.52. The molecule has 2 aromatic rings. The first kappa shape index (κ1) is 14.7. The highest BCUT2D eigenvalue weighted by molar-refractivity contribution is 9.10. The van der Waals surface area contributed by atoms with Crippen molar-refractivity contribution in [3.63, 3.8) is 0 Å². The van der Waals surface area contributed by atoms with E-state index in [1.54, 1.807) is 0 Å². The molecule has 112 valence electrons. The van der Waals surface area contributed by atoms with Gasteiger partial charge in [0.1, 0.15) is 0 Å². The van der Waals surface area contributed by atoms with Gasteiger partial charge in [0.25, 0.3) is 5.89 Å². The fraction of sp³-hybridized carbons (Fsp3) is 0.467. The van der Waals surface area contributed by atoms with Gasteiger partial charge in [-0.3, -0.25) is 0 Å². The third-order valence-electron chi connectivity index (χ3n) is 3.84. The summed E-state index contributed by atoms with van der Waals surface area (Å²) in [5.41, 5.74) is 8.04. The molecule has 2 N–H and O–H groups in total. The van der Waals surface area contributed by atoms with E-state index in [2.05, 4.69) is 26.1 Å². The molecule has 1 unspecified atom stereocenters. The number of nitrogens with zero attached hydrogens (tertiary/aromatic N) is 2. The molecule has 1 aromatic heterocycles. The Balaban J connectivity index is 1.71. The molecule has 1 atom stereocenters. The summed E-state index contributed by atoms with van der Waals surface area (Å²) in [5, 5.41) is 3.98. The second kappa shape index (κ2) is 6.25. The zero-order valence-corrected chi connectivity index (χ0v) is 13.5. The van der Waals surface area contributed by atoms with E-state index in [0.717, 1.165) is 28.4 Å². The van der Waals surface area contributed by atoms with Crippen LogP contribution in [0, 0.1) is 6.92 Å². The highest BCUT2D eigenvalue weighted by Gasteiger charge is 2.22. The fourth-order valence-corrected chi connectivity index (χ4v) is 2.55. The summed E-state index contributed by atoms with van der Waals surface area (Å²) in [5.74, 6) is 0.978. The Morgan fingerprint density at radius 1 is 1.48 bits per heavy atom. The molecule has 0 amide bonds. The van der Waals surface area contributed by atoms with Crippen LogP contribution < -0.4 is 5.73 Å². The molecule has 3 rings (SSSR count). The highest BCUT2D eigenvalue weighted by Crippen LogP contribution is 2.28. The van der Waals surface area contributed by atoms with Gasteiger partial charge in [-0.15, -0.1) is 0 Å². The first-order valence-corrected chi connectivity index (χ1v) is 7.90. The van der Waals surface area contributed by atoms with Crippen LogP contribution in [-0.2, 0) is 4.74 Å². The largest absolute Gasteiger partial charge is 0.376 e. The summed E-state index contributed by atoms with van der Waals surface area (Å²) in [6.07, 6.45) is 3.85. The number of hydrogen-bond donors (Lipinski definition) is 1. The van der Waals surface area contributed by atoms with Crippen LogP contribution in [0.1, 0.15) is 36.7 Å². The molecule has 1 heterocycles. The third kappa shape index (κ3) is 3.17. The molecule has 21 heavy (non-hydrogen) atoms. The Kier molecular flexibility index (Phi) is 4.37. The predicted octanol–water partition coefficient (Wildman–Crippen LogP) is 3.38. The lowest BCUT2D eigenvalue weighted by Crippen LogP contribution is -2.27. The van der Waals surface area contributed by atoms with E-state index in [1.807, 2.05) is 25.1 Å². The molecule has 0 aliphatic heterocycles. The second-order valence-corrected chi connectivity index (χ2v) is 6.22. The lowest BCUT2D eigenvalue weighted by Gasteiger charge is -2.26. The normalized spacial score (nSPS) is 16.7. The van der Waals surface area contributed by atoms with E-state index in [4.69, 9.17) is 15.0 Å². The molecule has 1 aromatic carbocycles. The molecule has 1 fully saturated rings. The zero-order valence-electron chi connectivity index (χ0n) is 11.9. The maximum Gasteiger partial charge on any atom is 0.258 e. The fourth-order valence-electron chi connectivity index (χ4n) is 2.19. The molecular formula is C15H18BrN3O2. The van der Waals surface area contributed by atoms with Crippen LogP contribution in [0.3, 0.4) is 0 Å². The number of rotatable bonds is 5. The van der Waals surface area contributed by atoms with E-state index in [-0.39, 0.29) is 6.04 Å².